The van der Waals surface area contributed by atoms with Gasteiger partial charge in [0.2, 0.25) is 5.91 Å². The van der Waals surface area contributed by atoms with Crippen molar-refractivity contribution in [2.75, 3.05) is 27.2 Å². The number of piperidine rings is 1. The molecule has 2 aliphatic heterocycles. The van der Waals surface area contributed by atoms with Gasteiger partial charge in [-0.1, -0.05) is 0 Å². The monoisotopic (exact) mass is 481 g/mol. The van der Waals surface area contributed by atoms with Gasteiger partial charge in [-0.2, -0.15) is 26.3 Å². The summed E-state index contributed by atoms with van der Waals surface area (Å²) in [5.74, 6) is -0.331. The molecule has 0 aliphatic carbocycles. The lowest BCUT2D eigenvalue weighted by molar-refractivity contribution is -0.143. The van der Waals surface area contributed by atoms with Gasteiger partial charge in [0.05, 0.1) is 29.8 Å². The van der Waals surface area contributed by atoms with Gasteiger partial charge >= 0.3 is 12.4 Å². The molecule has 4 atom stereocenters. The SMILES string of the molecule is CN(C)CCNC(=O)C1CC2(C)NC1CCC2OCc1cc(C(F)(F)F)cc(C(F)(F)F)c1. The Kier molecular flexibility index (Phi) is 7.36. The standard InChI is InChI=1S/C22H29F6N3O2/c1-20-11-16(19(32)29-6-7-31(2)3)17(30-20)4-5-18(20)33-12-13-8-14(21(23,24)25)10-15(9-13)22(26,27)28/h8-10,16-18,30H,4-7,11-12H2,1-3H3,(H,29,32). The van der Waals surface area contributed by atoms with Crippen LogP contribution in [-0.4, -0.2) is 55.7 Å². The zero-order chi connectivity index (χ0) is 24.6. The zero-order valence-electron chi connectivity index (χ0n) is 18.7. The highest BCUT2D eigenvalue weighted by atomic mass is 19.4. The number of likely N-dealkylation sites (N-methyl/N-ethyl adjacent to an activating group) is 1. The van der Waals surface area contributed by atoms with E-state index in [0.29, 0.717) is 44.5 Å². The van der Waals surface area contributed by atoms with E-state index in [-0.39, 0.29) is 36.1 Å². The van der Waals surface area contributed by atoms with Crippen molar-refractivity contribution in [2.45, 2.75) is 62.8 Å². The maximum Gasteiger partial charge on any atom is 0.416 e. The predicted octanol–water partition coefficient (Wildman–Crippen LogP) is 3.82. The summed E-state index contributed by atoms with van der Waals surface area (Å²) in [4.78, 5) is 14.6. The van der Waals surface area contributed by atoms with Crippen molar-refractivity contribution in [1.82, 2.24) is 15.5 Å². The van der Waals surface area contributed by atoms with Crippen molar-refractivity contribution >= 4 is 5.91 Å². The van der Waals surface area contributed by atoms with Crippen molar-refractivity contribution < 1.29 is 35.9 Å². The third-order valence-electron chi connectivity index (χ3n) is 6.39. The summed E-state index contributed by atoms with van der Waals surface area (Å²) in [7, 11) is 3.81. The maximum atomic E-state index is 13.1. The second kappa shape index (κ2) is 9.42. The molecule has 1 aromatic rings. The summed E-state index contributed by atoms with van der Waals surface area (Å²) in [6.07, 6.45) is -8.59. The minimum Gasteiger partial charge on any atom is -0.372 e. The third-order valence-corrected chi connectivity index (χ3v) is 6.39. The first-order chi connectivity index (χ1) is 15.2. The molecule has 2 saturated heterocycles. The number of ether oxygens (including phenoxy) is 1. The largest absolute Gasteiger partial charge is 0.416 e. The smallest absolute Gasteiger partial charge is 0.372 e. The van der Waals surface area contributed by atoms with Crippen molar-refractivity contribution in [2.24, 2.45) is 5.92 Å². The summed E-state index contributed by atoms with van der Waals surface area (Å²) in [5.41, 5.74) is -3.52. The molecule has 2 aliphatic rings. The first-order valence-electron chi connectivity index (χ1n) is 10.8. The number of rotatable bonds is 7. The Balaban J connectivity index is 1.68. The lowest BCUT2D eigenvalue weighted by atomic mass is 9.88. The Hall–Kier alpha value is -1.85. The first kappa shape index (κ1) is 25.8. The molecule has 2 N–H and O–H groups in total. The Bertz CT molecular complexity index is 825. The second-order valence-electron chi connectivity index (χ2n) is 9.36. The molecule has 5 nitrogen and oxygen atoms in total. The van der Waals surface area contributed by atoms with E-state index in [2.05, 4.69) is 10.6 Å². The number of carbonyl (C=O) groups is 1. The van der Waals surface area contributed by atoms with Gasteiger partial charge in [-0.05, 0) is 64.0 Å². The minimum atomic E-state index is -4.90. The van der Waals surface area contributed by atoms with Crippen molar-refractivity contribution in [1.29, 1.82) is 0 Å². The van der Waals surface area contributed by atoms with Crippen LogP contribution in [0, 0.1) is 5.92 Å². The molecule has 3 rings (SSSR count). The molecule has 2 fully saturated rings. The van der Waals surface area contributed by atoms with E-state index < -0.39 is 35.1 Å². The molecule has 0 saturated carbocycles. The summed E-state index contributed by atoms with van der Waals surface area (Å²) < 4.78 is 84.5. The van der Waals surface area contributed by atoms with Crippen molar-refractivity contribution in [3.05, 3.63) is 34.9 Å². The van der Waals surface area contributed by atoms with E-state index in [9.17, 15) is 31.1 Å². The van der Waals surface area contributed by atoms with Crippen LogP contribution in [0.3, 0.4) is 0 Å². The molecular weight excluding hydrogens is 452 g/mol. The number of benzene rings is 1. The number of carbonyl (C=O) groups excluding carboxylic acids is 1. The minimum absolute atomic E-state index is 0.0420. The number of nitrogens with zero attached hydrogens (tertiary/aromatic N) is 1. The molecule has 33 heavy (non-hydrogen) atoms. The third kappa shape index (κ3) is 6.19. The highest BCUT2D eigenvalue weighted by molar-refractivity contribution is 5.80. The molecule has 0 spiro atoms. The average Bonchev–Trinajstić information content (AvgIpc) is 2.97. The van der Waals surface area contributed by atoms with Crippen LogP contribution in [0.2, 0.25) is 0 Å². The van der Waals surface area contributed by atoms with Crippen LogP contribution in [0.4, 0.5) is 26.3 Å². The predicted molar refractivity (Wildman–Crippen MR) is 109 cm³/mol. The Morgan fingerprint density at radius 1 is 1.12 bits per heavy atom. The van der Waals surface area contributed by atoms with Gasteiger partial charge in [-0.25, -0.2) is 0 Å². The van der Waals surface area contributed by atoms with Crippen molar-refractivity contribution in [3.8, 4) is 0 Å². The van der Waals surface area contributed by atoms with Gasteiger partial charge in [0.1, 0.15) is 0 Å². The molecule has 2 bridgehead atoms. The Morgan fingerprint density at radius 3 is 2.27 bits per heavy atom. The molecule has 0 aromatic heterocycles. The zero-order valence-corrected chi connectivity index (χ0v) is 18.7. The van der Waals surface area contributed by atoms with E-state index in [1.54, 1.807) is 0 Å². The van der Waals surface area contributed by atoms with Gasteiger partial charge in [-0.15, -0.1) is 0 Å². The molecule has 11 heteroatoms. The molecule has 4 unspecified atom stereocenters. The Labute approximate surface area is 188 Å². The number of hydrogen-bond donors (Lipinski definition) is 2. The number of alkyl halides is 6. The second-order valence-corrected chi connectivity index (χ2v) is 9.36. The number of halogens is 6. The summed E-state index contributed by atoms with van der Waals surface area (Å²) in [6.45, 7) is 2.71. The van der Waals surface area contributed by atoms with Crippen LogP contribution in [-0.2, 0) is 28.5 Å². The summed E-state index contributed by atoms with van der Waals surface area (Å²) >= 11 is 0. The molecule has 2 heterocycles. The molecule has 1 aromatic carbocycles. The van der Waals surface area contributed by atoms with Crippen LogP contribution < -0.4 is 10.6 Å². The number of fused-ring (bicyclic) bond motifs is 2. The van der Waals surface area contributed by atoms with E-state index in [1.807, 2.05) is 25.9 Å². The fourth-order valence-corrected chi connectivity index (χ4v) is 4.71. The molecular formula is C22H29F6N3O2. The van der Waals surface area contributed by atoms with Crippen LogP contribution in [0.1, 0.15) is 42.9 Å². The van der Waals surface area contributed by atoms with Crippen LogP contribution in [0.15, 0.2) is 18.2 Å². The lowest BCUT2D eigenvalue weighted by Gasteiger charge is -2.39. The molecule has 1 amide bonds. The lowest BCUT2D eigenvalue weighted by Crippen LogP contribution is -2.55. The Morgan fingerprint density at radius 2 is 1.73 bits per heavy atom. The van der Waals surface area contributed by atoms with E-state index >= 15 is 0 Å². The van der Waals surface area contributed by atoms with Crippen LogP contribution in [0.25, 0.3) is 0 Å². The highest BCUT2D eigenvalue weighted by Gasteiger charge is 2.52. The van der Waals surface area contributed by atoms with E-state index in [1.165, 1.54) is 0 Å². The highest BCUT2D eigenvalue weighted by Crippen LogP contribution is 2.42. The molecule has 186 valence electrons. The quantitative estimate of drug-likeness (QED) is 0.582. The normalized spacial score (nSPS) is 27.8. The first-order valence-corrected chi connectivity index (χ1v) is 10.8. The van der Waals surface area contributed by atoms with Gasteiger partial charge in [0, 0.05) is 24.7 Å². The average molecular weight is 481 g/mol. The number of amides is 1. The van der Waals surface area contributed by atoms with E-state index in [0.717, 1.165) is 0 Å². The number of nitrogens with one attached hydrogen (secondary N) is 2. The fraction of sp³-hybridized carbons (Fsp3) is 0.682. The fourth-order valence-electron chi connectivity index (χ4n) is 4.71. The van der Waals surface area contributed by atoms with Gasteiger partial charge in [0.25, 0.3) is 0 Å². The van der Waals surface area contributed by atoms with Crippen molar-refractivity contribution in [3.63, 3.8) is 0 Å². The van der Waals surface area contributed by atoms with Gasteiger partial charge in [0.15, 0.2) is 0 Å². The topological polar surface area (TPSA) is 53.6 Å². The summed E-state index contributed by atoms with van der Waals surface area (Å²) in [6, 6.07) is 1.44. The maximum absolute atomic E-state index is 13.1. The number of hydrogen-bond acceptors (Lipinski definition) is 4. The summed E-state index contributed by atoms with van der Waals surface area (Å²) in [5, 5.41) is 6.32. The van der Waals surface area contributed by atoms with E-state index in [4.69, 9.17) is 4.74 Å². The van der Waals surface area contributed by atoms with Crippen LogP contribution >= 0.6 is 0 Å². The molecule has 0 radical (unpaired) electrons. The van der Waals surface area contributed by atoms with Gasteiger partial charge < -0.3 is 20.3 Å². The van der Waals surface area contributed by atoms with Gasteiger partial charge in [-0.3, -0.25) is 4.79 Å². The van der Waals surface area contributed by atoms with Crippen LogP contribution in [0.5, 0.6) is 0 Å².